The van der Waals surface area contributed by atoms with Gasteiger partial charge in [0, 0.05) is 24.6 Å². The summed E-state index contributed by atoms with van der Waals surface area (Å²) in [6.07, 6.45) is 17.1. The van der Waals surface area contributed by atoms with Crippen molar-refractivity contribution in [2.45, 2.75) is 129 Å². The summed E-state index contributed by atoms with van der Waals surface area (Å²) in [6, 6.07) is -1.01. The largest absolute Gasteiger partial charge is 0.480 e. The molecule has 0 aromatic heterocycles. The van der Waals surface area contributed by atoms with Gasteiger partial charge in [-0.25, -0.2) is 9.59 Å². The number of thioether (sulfide) groups is 1. The fourth-order valence-corrected chi connectivity index (χ4v) is 4.79. The minimum absolute atomic E-state index is 0.107. The maximum Gasteiger partial charge on any atom is 0.407 e. The fourth-order valence-electron chi connectivity index (χ4n) is 3.83. The Bertz CT molecular complexity index is 597. The van der Waals surface area contributed by atoms with Crippen LogP contribution in [-0.2, 0) is 14.3 Å². The van der Waals surface area contributed by atoms with Crippen LogP contribution in [0.2, 0.25) is 0 Å². The lowest BCUT2D eigenvalue weighted by Gasteiger charge is -2.19. The molecule has 0 aliphatic rings. The van der Waals surface area contributed by atoms with Gasteiger partial charge in [-0.15, -0.1) is 0 Å². The van der Waals surface area contributed by atoms with Crippen molar-refractivity contribution in [3.8, 4) is 0 Å². The van der Waals surface area contributed by atoms with Gasteiger partial charge >= 0.3 is 18.2 Å². The van der Waals surface area contributed by atoms with Gasteiger partial charge in [0.25, 0.3) is 0 Å². The van der Waals surface area contributed by atoms with Crippen LogP contribution in [0.3, 0.4) is 0 Å². The summed E-state index contributed by atoms with van der Waals surface area (Å²) in [4.78, 5) is 35.3. The Labute approximate surface area is 235 Å². The highest BCUT2D eigenvalue weighted by Crippen LogP contribution is 2.11. The number of carbonyl (C=O) groups excluding carboxylic acids is 2. The molecule has 0 saturated heterocycles. The quantitative estimate of drug-likeness (QED) is 0.0911. The van der Waals surface area contributed by atoms with Crippen LogP contribution in [0.25, 0.3) is 0 Å². The van der Waals surface area contributed by atoms with Gasteiger partial charge < -0.3 is 30.9 Å². The highest BCUT2D eigenvalue weighted by molar-refractivity contribution is 7.99. The first kappa shape index (κ1) is 36.3. The molecule has 0 aromatic rings. The molecule has 9 nitrogen and oxygen atoms in total. The second kappa shape index (κ2) is 26.9. The average Bonchev–Trinajstić information content (AvgIpc) is 2.89. The van der Waals surface area contributed by atoms with E-state index in [4.69, 9.17) is 20.3 Å². The van der Waals surface area contributed by atoms with Gasteiger partial charge in [-0.3, -0.25) is 4.79 Å². The van der Waals surface area contributed by atoms with E-state index in [2.05, 4.69) is 24.5 Å². The van der Waals surface area contributed by atoms with Crippen molar-refractivity contribution in [2.24, 2.45) is 5.73 Å². The van der Waals surface area contributed by atoms with Gasteiger partial charge in [0.15, 0.2) is 0 Å². The molecule has 0 aromatic carbocycles. The van der Waals surface area contributed by atoms with E-state index in [1.807, 2.05) is 0 Å². The SMILES string of the molecule is CCCCCCCCCCNC(=O)OC[C@@H](CSCC(N)C(=O)O)OC(=O)NCCCCCCCCCC. The van der Waals surface area contributed by atoms with E-state index in [0.717, 1.165) is 32.1 Å². The Hall–Kier alpha value is -1.68. The van der Waals surface area contributed by atoms with Gasteiger partial charge in [0.05, 0.1) is 0 Å². The van der Waals surface area contributed by atoms with E-state index in [9.17, 15) is 14.4 Å². The Morgan fingerprint density at radius 1 is 0.711 bits per heavy atom. The Morgan fingerprint density at radius 2 is 1.16 bits per heavy atom. The van der Waals surface area contributed by atoms with Crippen LogP contribution in [0.4, 0.5) is 9.59 Å². The minimum Gasteiger partial charge on any atom is -0.480 e. The third-order valence-corrected chi connectivity index (χ3v) is 7.39. The van der Waals surface area contributed by atoms with Gasteiger partial charge in [0.1, 0.15) is 18.8 Å². The third-order valence-electron chi connectivity index (χ3n) is 6.19. The maximum absolute atomic E-state index is 12.2. The molecule has 0 heterocycles. The number of rotatable bonds is 26. The summed E-state index contributed by atoms with van der Waals surface area (Å²) >= 11 is 1.25. The Morgan fingerprint density at radius 3 is 1.63 bits per heavy atom. The predicted molar refractivity (Wildman–Crippen MR) is 156 cm³/mol. The molecule has 0 bridgehead atoms. The smallest absolute Gasteiger partial charge is 0.407 e. The van der Waals surface area contributed by atoms with E-state index in [0.29, 0.717) is 13.1 Å². The van der Waals surface area contributed by atoms with Crippen LogP contribution in [-0.4, -0.2) is 66.6 Å². The molecule has 38 heavy (non-hydrogen) atoms. The van der Waals surface area contributed by atoms with Crippen molar-refractivity contribution in [1.82, 2.24) is 10.6 Å². The maximum atomic E-state index is 12.2. The number of hydrogen-bond acceptors (Lipinski definition) is 7. The number of ether oxygens (including phenoxy) is 2. The van der Waals surface area contributed by atoms with Gasteiger partial charge in [-0.05, 0) is 12.8 Å². The molecule has 2 amide bonds. The lowest BCUT2D eigenvalue weighted by molar-refractivity contribution is -0.137. The number of alkyl carbamates (subject to hydrolysis) is 2. The summed E-state index contributed by atoms with van der Waals surface area (Å²) in [5.41, 5.74) is 5.55. The molecule has 5 N–H and O–H groups in total. The molecule has 0 aliphatic heterocycles. The number of nitrogens with two attached hydrogens (primary N) is 1. The van der Waals surface area contributed by atoms with Crippen LogP contribution < -0.4 is 16.4 Å². The van der Waals surface area contributed by atoms with Crippen molar-refractivity contribution >= 4 is 29.9 Å². The van der Waals surface area contributed by atoms with Gasteiger partial charge in [0.2, 0.25) is 0 Å². The summed E-state index contributed by atoms with van der Waals surface area (Å²) in [7, 11) is 0. The third kappa shape index (κ3) is 24.6. The van der Waals surface area contributed by atoms with E-state index in [1.165, 1.54) is 82.4 Å². The monoisotopic (exact) mass is 561 g/mol. The molecule has 0 aliphatic carbocycles. The minimum atomic E-state index is -1.09. The van der Waals surface area contributed by atoms with Crippen molar-refractivity contribution < 1.29 is 29.0 Å². The number of nitrogens with one attached hydrogen (secondary N) is 2. The lowest BCUT2D eigenvalue weighted by Crippen LogP contribution is -2.37. The van der Waals surface area contributed by atoms with Crippen LogP contribution in [0.15, 0.2) is 0 Å². The lowest BCUT2D eigenvalue weighted by atomic mass is 10.1. The zero-order valence-electron chi connectivity index (χ0n) is 24.0. The number of aliphatic carboxylic acids is 1. The summed E-state index contributed by atoms with van der Waals surface area (Å²) in [5.74, 6) is -0.647. The van der Waals surface area contributed by atoms with Crippen LogP contribution in [0.5, 0.6) is 0 Å². The van der Waals surface area contributed by atoms with Crippen molar-refractivity contribution in [3.05, 3.63) is 0 Å². The number of carboxylic acids is 1. The Kier molecular flexibility index (Phi) is 25.7. The second-order valence-corrected chi connectivity index (χ2v) is 11.0. The topological polar surface area (TPSA) is 140 Å². The molecule has 2 atom stereocenters. The molecular weight excluding hydrogens is 506 g/mol. The van der Waals surface area contributed by atoms with E-state index in [1.54, 1.807) is 0 Å². The zero-order chi connectivity index (χ0) is 28.3. The van der Waals surface area contributed by atoms with Gasteiger partial charge in [-0.2, -0.15) is 11.8 Å². The van der Waals surface area contributed by atoms with Crippen LogP contribution in [0.1, 0.15) is 117 Å². The molecule has 0 rings (SSSR count). The average molecular weight is 562 g/mol. The normalized spacial score (nSPS) is 12.5. The zero-order valence-corrected chi connectivity index (χ0v) is 24.8. The van der Waals surface area contributed by atoms with Crippen molar-refractivity contribution in [2.75, 3.05) is 31.2 Å². The van der Waals surface area contributed by atoms with Crippen molar-refractivity contribution in [3.63, 3.8) is 0 Å². The molecule has 0 spiro atoms. The van der Waals surface area contributed by atoms with E-state index < -0.39 is 30.3 Å². The first-order valence-corrected chi connectivity index (χ1v) is 16.0. The highest BCUT2D eigenvalue weighted by atomic mass is 32.2. The first-order chi connectivity index (χ1) is 18.4. The van der Waals surface area contributed by atoms with E-state index in [-0.39, 0.29) is 18.1 Å². The number of hydrogen-bond donors (Lipinski definition) is 4. The number of amides is 2. The van der Waals surface area contributed by atoms with Crippen LogP contribution >= 0.6 is 11.8 Å². The standard InChI is InChI=1S/C28H55N3O6S/c1-3-5-7-9-11-13-15-17-19-30-27(34)36-21-24(22-38-23-25(29)26(32)33)37-28(35)31-20-18-16-14-12-10-8-6-4-2/h24-25H,3-23,29H2,1-2H3,(H,30,34)(H,31,35)(H,32,33)/t24-,25?/m0/s1. The predicted octanol–water partition coefficient (Wildman–Crippen LogP) is 6.23. The number of carboxylic acid groups (broad SMARTS) is 1. The molecule has 224 valence electrons. The van der Waals surface area contributed by atoms with E-state index >= 15 is 0 Å². The molecular formula is C28H55N3O6S. The molecule has 0 fully saturated rings. The van der Waals surface area contributed by atoms with Crippen molar-refractivity contribution in [1.29, 1.82) is 0 Å². The molecule has 10 heteroatoms. The van der Waals surface area contributed by atoms with Crippen LogP contribution in [0, 0.1) is 0 Å². The Balaban J connectivity index is 4.20. The number of carbonyl (C=O) groups is 3. The summed E-state index contributed by atoms with van der Waals surface area (Å²) < 4.78 is 10.7. The fraction of sp³-hybridized carbons (Fsp3) is 0.893. The summed E-state index contributed by atoms with van der Waals surface area (Å²) in [5, 5.41) is 14.4. The number of unbranched alkanes of at least 4 members (excludes halogenated alkanes) is 14. The van der Waals surface area contributed by atoms with Gasteiger partial charge in [-0.1, -0.05) is 104 Å². The summed E-state index contributed by atoms with van der Waals surface area (Å²) in [6.45, 7) is 5.38. The molecule has 0 radical (unpaired) electrons. The highest BCUT2D eigenvalue weighted by Gasteiger charge is 2.19. The molecule has 0 saturated carbocycles. The second-order valence-electron chi connectivity index (χ2n) is 9.91. The first-order valence-electron chi connectivity index (χ1n) is 14.8. The molecule has 1 unspecified atom stereocenters.